The van der Waals surface area contributed by atoms with Gasteiger partial charge in [0.25, 0.3) is 11.8 Å². The maximum absolute atomic E-state index is 13.2. The molecule has 1 fully saturated rings. The number of aromatic nitrogens is 2. The Morgan fingerprint density at radius 1 is 1.14 bits per heavy atom. The van der Waals surface area contributed by atoms with Gasteiger partial charge >= 0.3 is 6.03 Å². The molecule has 0 radical (unpaired) electrons. The number of hydrogen-bond donors (Lipinski definition) is 2. The van der Waals surface area contributed by atoms with Gasteiger partial charge in [0.2, 0.25) is 0 Å². The molecule has 174 valence electrons. The molecule has 10 heteroatoms. The van der Waals surface area contributed by atoms with Crippen LogP contribution in [-0.4, -0.2) is 46.4 Å². The molecular weight excluding hydrogens is 450 g/mol. The van der Waals surface area contributed by atoms with Crippen molar-refractivity contribution in [2.75, 3.05) is 13.7 Å². The van der Waals surface area contributed by atoms with Crippen molar-refractivity contribution in [3.8, 4) is 17.0 Å². The second-order valence-electron chi connectivity index (χ2n) is 8.43. The smallest absolute Gasteiger partial charge is 0.322 e. The number of methoxy groups -OCH3 is 1. The largest absolute Gasteiger partial charge is 0.497 e. The van der Waals surface area contributed by atoms with Crippen molar-refractivity contribution in [3.05, 3.63) is 77.8 Å². The molecule has 0 unspecified atom stereocenters. The molecule has 0 saturated carbocycles. The molecule has 5 heterocycles. The Labute approximate surface area is 198 Å². The first-order chi connectivity index (χ1) is 17.0. The first kappa shape index (κ1) is 20.8. The zero-order chi connectivity index (χ0) is 24.2. The quantitative estimate of drug-likeness (QED) is 0.430. The Hall–Kier alpha value is -4.73. The number of carbonyl (C=O) groups is 3. The second kappa shape index (κ2) is 7.66. The minimum atomic E-state index is -1.60. The monoisotopic (exact) mass is 469 g/mol. The van der Waals surface area contributed by atoms with Crippen LogP contribution in [0.5, 0.6) is 5.75 Å². The van der Waals surface area contributed by atoms with E-state index in [9.17, 15) is 14.4 Å². The summed E-state index contributed by atoms with van der Waals surface area (Å²) in [5, 5.41) is 4.97. The minimum absolute atomic E-state index is 0.115. The Balaban J connectivity index is 1.38. The number of pyridine rings is 2. The fourth-order valence-corrected chi connectivity index (χ4v) is 4.54. The van der Waals surface area contributed by atoms with E-state index < -0.39 is 17.5 Å². The van der Waals surface area contributed by atoms with Crippen LogP contribution < -0.4 is 15.4 Å². The standard InChI is InChI=1S/C25H19N5O5/c1-34-16-5-4-15-12-30(22(31)17(15)9-16)13-25(23(32)28-24(33)29-25)21-10-19-20(35-21)7-6-18(27-19)14-3-2-8-26-11-14/h2-11H,12-13H2,1H3,(H2,28,29,32,33)/t25-/m0/s1. The number of benzene rings is 1. The fraction of sp³-hybridized carbons (Fsp3) is 0.160. The van der Waals surface area contributed by atoms with Gasteiger partial charge in [-0.05, 0) is 42.0 Å². The summed E-state index contributed by atoms with van der Waals surface area (Å²) in [4.78, 5) is 48.8. The lowest BCUT2D eigenvalue weighted by Crippen LogP contribution is -2.52. The molecule has 0 spiro atoms. The summed E-state index contributed by atoms with van der Waals surface area (Å²) in [6.45, 7) is 0.169. The number of hydrogen-bond acceptors (Lipinski definition) is 7. The van der Waals surface area contributed by atoms with Crippen molar-refractivity contribution in [1.29, 1.82) is 0 Å². The van der Waals surface area contributed by atoms with E-state index in [0.29, 0.717) is 28.1 Å². The summed E-state index contributed by atoms with van der Waals surface area (Å²) in [7, 11) is 1.53. The van der Waals surface area contributed by atoms with Crippen molar-refractivity contribution in [2.24, 2.45) is 0 Å². The normalized spacial score (nSPS) is 19.1. The van der Waals surface area contributed by atoms with Crippen LogP contribution in [0.4, 0.5) is 4.79 Å². The van der Waals surface area contributed by atoms with Gasteiger partial charge in [-0.1, -0.05) is 6.07 Å². The third-order valence-corrected chi connectivity index (χ3v) is 6.32. The zero-order valence-corrected chi connectivity index (χ0v) is 18.6. The lowest BCUT2D eigenvalue weighted by atomic mass is 9.95. The van der Waals surface area contributed by atoms with Gasteiger partial charge in [0.05, 0.1) is 19.3 Å². The molecule has 2 aliphatic heterocycles. The van der Waals surface area contributed by atoms with Gasteiger partial charge in [-0.3, -0.25) is 19.9 Å². The number of furan rings is 1. The molecule has 1 atom stereocenters. The van der Waals surface area contributed by atoms with Crippen molar-refractivity contribution in [2.45, 2.75) is 12.1 Å². The van der Waals surface area contributed by atoms with Crippen molar-refractivity contribution < 1.29 is 23.5 Å². The number of fused-ring (bicyclic) bond motifs is 2. The molecule has 1 aromatic carbocycles. The van der Waals surface area contributed by atoms with Crippen molar-refractivity contribution in [3.63, 3.8) is 0 Å². The van der Waals surface area contributed by atoms with Gasteiger partial charge in [0.1, 0.15) is 17.0 Å². The second-order valence-corrected chi connectivity index (χ2v) is 8.43. The highest BCUT2D eigenvalue weighted by molar-refractivity contribution is 6.08. The lowest BCUT2D eigenvalue weighted by Gasteiger charge is -2.28. The molecule has 0 bridgehead atoms. The molecule has 35 heavy (non-hydrogen) atoms. The Morgan fingerprint density at radius 3 is 2.77 bits per heavy atom. The van der Waals surface area contributed by atoms with Crippen LogP contribution in [0.15, 0.2) is 65.3 Å². The predicted octanol–water partition coefficient (Wildman–Crippen LogP) is 2.59. The first-order valence-electron chi connectivity index (χ1n) is 10.9. The Morgan fingerprint density at radius 2 is 2.03 bits per heavy atom. The lowest BCUT2D eigenvalue weighted by molar-refractivity contribution is -0.125. The van der Waals surface area contributed by atoms with Crippen LogP contribution in [-0.2, 0) is 16.9 Å². The van der Waals surface area contributed by atoms with Crippen LogP contribution >= 0.6 is 0 Å². The number of carbonyl (C=O) groups excluding carboxylic acids is 3. The number of urea groups is 1. The minimum Gasteiger partial charge on any atom is -0.497 e. The highest BCUT2D eigenvalue weighted by atomic mass is 16.5. The fourth-order valence-electron chi connectivity index (χ4n) is 4.54. The number of ether oxygens (including phenoxy) is 1. The Bertz CT molecular complexity index is 1520. The molecule has 4 amide bonds. The van der Waals surface area contributed by atoms with Crippen molar-refractivity contribution in [1.82, 2.24) is 25.5 Å². The number of imide groups is 1. The SMILES string of the molecule is COc1ccc2c(c1)C(=O)N(C[C@@]1(c3cc4nc(-c5cccnc5)ccc4o3)NC(=O)NC1=O)C2. The van der Waals surface area contributed by atoms with Gasteiger partial charge in [0.15, 0.2) is 11.1 Å². The molecule has 0 aliphatic carbocycles. The molecule has 2 aliphatic rings. The summed E-state index contributed by atoms with van der Waals surface area (Å²) in [5.41, 5.74) is 2.17. The molecule has 2 N–H and O–H groups in total. The summed E-state index contributed by atoms with van der Waals surface area (Å²) in [5.74, 6) is -0.114. The van der Waals surface area contributed by atoms with Crippen LogP contribution in [0.1, 0.15) is 21.7 Å². The van der Waals surface area contributed by atoms with E-state index in [0.717, 1.165) is 11.1 Å². The van der Waals surface area contributed by atoms with Crippen LogP contribution in [0, 0.1) is 0 Å². The van der Waals surface area contributed by atoms with Gasteiger partial charge in [-0.2, -0.15) is 0 Å². The van der Waals surface area contributed by atoms with Crippen LogP contribution in [0.25, 0.3) is 22.4 Å². The zero-order valence-electron chi connectivity index (χ0n) is 18.6. The molecule has 4 aromatic rings. The molecule has 3 aromatic heterocycles. The van der Waals surface area contributed by atoms with Gasteiger partial charge in [-0.15, -0.1) is 0 Å². The summed E-state index contributed by atoms with van der Waals surface area (Å²) in [6, 6.07) is 13.5. The van der Waals surface area contributed by atoms with Gasteiger partial charge in [0, 0.05) is 36.1 Å². The average Bonchev–Trinajstić information content (AvgIpc) is 3.53. The van der Waals surface area contributed by atoms with E-state index in [1.54, 1.807) is 42.7 Å². The maximum Gasteiger partial charge on any atom is 0.322 e. The molecule has 6 rings (SSSR count). The topological polar surface area (TPSA) is 127 Å². The van der Waals surface area contributed by atoms with Gasteiger partial charge < -0.3 is 19.4 Å². The molecule has 10 nitrogen and oxygen atoms in total. The summed E-state index contributed by atoms with van der Waals surface area (Å²) >= 11 is 0. The van der Waals surface area contributed by atoms with E-state index >= 15 is 0 Å². The number of nitrogens with one attached hydrogen (secondary N) is 2. The Kier molecular flexibility index (Phi) is 4.56. The molecular formula is C25H19N5O5. The summed E-state index contributed by atoms with van der Waals surface area (Å²) < 4.78 is 11.2. The van der Waals surface area contributed by atoms with E-state index in [1.165, 1.54) is 12.0 Å². The highest BCUT2D eigenvalue weighted by Crippen LogP contribution is 2.35. The maximum atomic E-state index is 13.2. The number of amides is 4. The first-order valence-corrected chi connectivity index (χ1v) is 10.9. The van der Waals surface area contributed by atoms with Crippen LogP contribution in [0.2, 0.25) is 0 Å². The van der Waals surface area contributed by atoms with E-state index in [1.807, 2.05) is 18.2 Å². The third-order valence-electron chi connectivity index (χ3n) is 6.32. The third kappa shape index (κ3) is 3.30. The summed E-state index contributed by atoms with van der Waals surface area (Å²) in [6.07, 6.45) is 3.38. The van der Waals surface area contributed by atoms with E-state index in [4.69, 9.17) is 9.15 Å². The van der Waals surface area contributed by atoms with E-state index in [2.05, 4.69) is 20.6 Å². The van der Waals surface area contributed by atoms with Gasteiger partial charge in [-0.25, -0.2) is 9.78 Å². The van der Waals surface area contributed by atoms with Crippen molar-refractivity contribution >= 4 is 28.9 Å². The molecule has 1 saturated heterocycles. The number of rotatable bonds is 5. The highest BCUT2D eigenvalue weighted by Gasteiger charge is 2.53. The predicted molar refractivity (Wildman–Crippen MR) is 123 cm³/mol. The van der Waals surface area contributed by atoms with Crippen LogP contribution in [0.3, 0.4) is 0 Å². The average molecular weight is 469 g/mol. The number of nitrogens with zero attached hydrogens (tertiary/aromatic N) is 3. The van der Waals surface area contributed by atoms with E-state index in [-0.39, 0.29) is 24.8 Å².